The predicted octanol–water partition coefficient (Wildman–Crippen LogP) is 2.84. The van der Waals surface area contributed by atoms with E-state index in [1.54, 1.807) is 14.0 Å². The van der Waals surface area contributed by atoms with Crippen LogP contribution in [0.1, 0.15) is 46.6 Å². The molecule has 0 aliphatic heterocycles. The molecule has 2 atom stereocenters. The summed E-state index contributed by atoms with van der Waals surface area (Å²) >= 11 is 0. The minimum Gasteiger partial charge on any atom is -0.496 e. The molecular weight excluding hydrogens is 280 g/mol. The van der Waals surface area contributed by atoms with Crippen LogP contribution in [0.5, 0.6) is 5.75 Å². The molecule has 5 nitrogen and oxygen atoms in total. The number of aryl methyl sites for hydroxylation is 2. The van der Waals surface area contributed by atoms with E-state index in [0.717, 1.165) is 17.7 Å². The third-order valence-corrected chi connectivity index (χ3v) is 4.13. The van der Waals surface area contributed by atoms with Crippen molar-refractivity contribution in [3.05, 3.63) is 46.8 Å². The molecule has 1 aromatic carbocycles. The average molecular weight is 300 g/mol. The van der Waals surface area contributed by atoms with Crippen LogP contribution in [0.2, 0.25) is 0 Å². The van der Waals surface area contributed by atoms with E-state index >= 15 is 0 Å². The standard InChI is InChI=1S/C17H20N2O3/c1-4-14-16(10(2)19-22-14)17(20)18-13-9-12(13)11-7-5-6-8-15(11)21-3/h5-8,12-13H,4,9H2,1-3H3,(H,18,20)/t12-,13+/m0/s1. The summed E-state index contributed by atoms with van der Waals surface area (Å²) in [4.78, 5) is 12.4. The van der Waals surface area contributed by atoms with Crippen LogP contribution < -0.4 is 10.1 Å². The molecule has 22 heavy (non-hydrogen) atoms. The summed E-state index contributed by atoms with van der Waals surface area (Å²) in [6.45, 7) is 3.74. The minimum atomic E-state index is -0.0991. The highest BCUT2D eigenvalue weighted by Gasteiger charge is 2.41. The fourth-order valence-corrected chi connectivity index (χ4v) is 2.86. The summed E-state index contributed by atoms with van der Waals surface area (Å²) < 4.78 is 10.6. The summed E-state index contributed by atoms with van der Waals surface area (Å²) in [6, 6.07) is 8.09. The third-order valence-electron chi connectivity index (χ3n) is 4.13. The van der Waals surface area contributed by atoms with E-state index in [0.29, 0.717) is 29.4 Å². The van der Waals surface area contributed by atoms with Crippen LogP contribution in [-0.4, -0.2) is 24.2 Å². The van der Waals surface area contributed by atoms with E-state index in [1.807, 2.05) is 25.1 Å². The van der Waals surface area contributed by atoms with Gasteiger partial charge < -0.3 is 14.6 Å². The minimum absolute atomic E-state index is 0.0991. The monoisotopic (exact) mass is 300 g/mol. The Labute approximate surface area is 129 Å². The number of carbonyl (C=O) groups excluding carboxylic acids is 1. The van der Waals surface area contributed by atoms with Crippen molar-refractivity contribution in [2.75, 3.05) is 7.11 Å². The van der Waals surface area contributed by atoms with Gasteiger partial charge >= 0.3 is 0 Å². The number of ether oxygens (including phenoxy) is 1. The first-order valence-electron chi connectivity index (χ1n) is 7.54. The summed E-state index contributed by atoms with van der Waals surface area (Å²) in [6.07, 6.45) is 1.59. The van der Waals surface area contributed by atoms with E-state index in [2.05, 4.69) is 16.5 Å². The Balaban J connectivity index is 1.71. The van der Waals surface area contributed by atoms with Gasteiger partial charge in [0.2, 0.25) is 0 Å². The van der Waals surface area contributed by atoms with Gasteiger partial charge in [0.1, 0.15) is 17.1 Å². The van der Waals surface area contributed by atoms with Gasteiger partial charge in [-0.2, -0.15) is 0 Å². The van der Waals surface area contributed by atoms with Crippen LogP contribution in [0.3, 0.4) is 0 Å². The first kappa shape index (κ1) is 14.6. The number of hydrogen-bond acceptors (Lipinski definition) is 4. The van der Waals surface area contributed by atoms with E-state index in [-0.39, 0.29) is 11.9 Å². The summed E-state index contributed by atoms with van der Waals surface area (Å²) in [5.41, 5.74) is 2.37. The third kappa shape index (κ3) is 2.58. The van der Waals surface area contributed by atoms with E-state index in [1.165, 1.54) is 0 Å². The number of nitrogens with one attached hydrogen (secondary N) is 1. The molecule has 1 aromatic heterocycles. The van der Waals surface area contributed by atoms with Crippen LogP contribution in [-0.2, 0) is 6.42 Å². The molecule has 5 heteroatoms. The summed E-state index contributed by atoms with van der Waals surface area (Å²) in [7, 11) is 1.67. The van der Waals surface area contributed by atoms with Crippen molar-refractivity contribution in [1.29, 1.82) is 0 Å². The van der Waals surface area contributed by atoms with Crippen molar-refractivity contribution >= 4 is 5.91 Å². The van der Waals surface area contributed by atoms with Gasteiger partial charge in [-0.15, -0.1) is 0 Å². The Morgan fingerprint density at radius 3 is 2.95 bits per heavy atom. The topological polar surface area (TPSA) is 64.4 Å². The van der Waals surface area contributed by atoms with Crippen LogP contribution in [0, 0.1) is 6.92 Å². The van der Waals surface area contributed by atoms with Crippen LogP contribution in [0.15, 0.2) is 28.8 Å². The number of carbonyl (C=O) groups is 1. The Morgan fingerprint density at radius 1 is 1.45 bits per heavy atom. The van der Waals surface area contributed by atoms with Crippen molar-refractivity contribution in [2.45, 2.75) is 38.6 Å². The lowest BCUT2D eigenvalue weighted by atomic mass is 10.1. The molecule has 3 rings (SSSR count). The highest BCUT2D eigenvalue weighted by molar-refractivity contribution is 5.96. The number of nitrogens with zero attached hydrogens (tertiary/aromatic N) is 1. The zero-order valence-corrected chi connectivity index (χ0v) is 13.1. The van der Waals surface area contributed by atoms with Gasteiger partial charge in [-0.05, 0) is 25.0 Å². The molecule has 0 bridgehead atoms. The van der Waals surface area contributed by atoms with E-state index in [4.69, 9.17) is 9.26 Å². The first-order valence-corrected chi connectivity index (χ1v) is 7.54. The molecular formula is C17H20N2O3. The highest BCUT2D eigenvalue weighted by Crippen LogP contribution is 2.44. The molecule has 0 unspecified atom stereocenters. The highest BCUT2D eigenvalue weighted by atomic mass is 16.5. The molecule has 2 aromatic rings. The lowest BCUT2D eigenvalue weighted by molar-refractivity contribution is 0.0948. The van der Waals surface area contributed by atoms with Gasteiger partial charge in [-0.25, -0.2) is 0 Å². The molecule has 1 aliphatic rings. The molecule has 1 saturated carbocycles. The number of hydrogen-bond donors (Lipinski definition) is 1. The number of methoxy groups -OCH3 is 1. The normalized spacial score (nSPS) is 19.8. The second-order valence-corrected chi connectivity index (χ2v) is 5.58. The lowest BCUT2D eigenvalue weighted by Gasteiger charge is -2.08. The maximum Gasteiger partial charge on any atom is 0.257 e. The van der Waals surface area contributed by atoms with Gasteiger partial charge in [-0.3, -0.25) is 4.79 Å². The first-order chi connectivity index (χ1) is 10.7. The van der Waals surface area contributed by atoms with Crippen molar-refractivity contribution in [1.82, 2.24) is 10.5 Å². The number of rotatable bonds is 5. The van der Waals surface area contributed by atoms with Crippen molar-refractivity contribution in [3.63, 3.8) is 0 Å². The average Bonchev–Trinajstić information content (AvgIpc) is 3.18. The van der Waals surface area contributed by atoms with Crippen molar-refractivity contribution in [2.24, 2.45) is 0 Å². The Bertz CT molecular complexity index is 693. The summed E-state index contributed by atoms with van der Waals surface area (Å²) in [5, 5.41) is 6.96. The molecule has 116 valence electrons. The Morgan fingerprint density at radius 2 is 2.23 bits per heavy atom. The molecule has 0 radical (unpaired) electrons. The SMILES string of the molecule is CCc1onc(C)c1C(=O)N[C@@H]1C[C@H]1c1ccccc1OC. The molecule has 1 N–H and O–H groups in total. The molecule has 1 amide bonds. The van der Waals surface area contributed by atoms with Gasteiger partial charge in [0, 0.05) is 18.4 Å². The lowest BCUT2D eigenvalue weighted by Crippen LogP contribution is -2.27. The molecule has 0 saturated heterocycles. The number of para-hydroxylation sites is 1. The van der Waals surface area contributed by atoms with Crippen molar-refractivity contribution < 1.29 is 14.1 Å². The second kappa shape index (κ2) is 5.83. The molecule has 1 heterocycles. The van der Waals surface area contributed by atoms with Crippen molar-refractivity contribution in [3.8, 4) is 5.75 Å². The van der Waals surface area contributed by atoms with Gasteiger partial charge in [0.05, 0.1) is 12.8 Å². The van der Waals surface area contributed by atoms with Gasteiger partial charge in [0.25, 0.3) is 5.91 Å². The fourth-order valence-electron chi connectivity index (χ4n) is 2.86. The summed E-state index contributed by atoms with van der Waals surface area (Å²) in [5.74, 6) is 1.73. The van der Waals surface area contributed by atoms with Crippen LogP contribution in [0.25, 0.3) is 0 Å². The van der Waals surface area contributed by atoms with Crippen LogP contribution in [0.4, 0.5) is 0 Å². The molecule has 1 aliphatic carbocycles. The zero-order chi connectivity index (χ0) is 15.7. The van der Waals surface area contributed by atoms with Gasteiger partial charge in [0.15, 0.2) is 0 Å². The maximum atomic E-state index is 12.4. The quantitative estimate of drug-likeness (QED) is 0.922. The molecule has 0 spiro atoms. The smallest absolute Gasteiger partial charge is 0.257 e. The zero-order valence-electron chi connectivity index (χ0n) is 13.1. The number of benzene rings is 1. The second-order valence-electron chi connectivity index (χ2n) is 5.58. The Kier molecular flexibility index (Phi) is 3.88. The fraction of sp³-hybridized carbons (Fsp3) is 0.412. The maximum absolute atomic E-state index is 12.4. The predicted molar refractivity (Wildman–Crippen MR) is 82.2 cm³/mol. The largest absolute Gasteiger partial charge is 0.496 e. The van der Waals surface area contributed by atoms with Crippen LogP contribution >= 0.6 is 0 Å². The van der Waals surface area contributed by atoms with E-state index < -0.39 is 0 Å². The Hall–Kier alpha value is -2.30. The number of aromatic nitrogens is 1. The number of amides is 1. The molecule has 1 fully saturated rings. The van der Waals surface area contributed by atoms with E-state index in [9.17, 15) is 4.79 Å². The van der Waals surface area contributed by atoms with Gasteiger partial charge in [-0.1, -0.05) is 30.3 Å².